The molecule has 2 N–H and O–H groups in total. The smallest absolute Gasteiger partial charge is 0.279 e. The Labute approximate surface area is 140 Å². The molecule has 1 aliphatic heterocycles. The highest BCUT2D eigenvalue weighted by molar-refractivity contribution is 7.14. The van der Waals surface area contributed by atoms with Gasteiger partial charge in [0.15, 0.2) is 0 Å². The van der Waals surface area contributed by atoms with Gasteiger partial charge in [0.05, 0.1) is 10.8 Å². The molecule has 0 unspecified atom stereocenters. The molecule has 0 aromatic carbocycles. The second-order valence-corrected chi connectivity index (χ2v) is 6.95. The number of rotatable bonds is 3. The molecule has 0 aliphatic carbocycles. The van der Waals surface area contributed by atoms with E-state index in [2.05, 4.69) is 10.9 Å². The molecule has 2 rings (SSSR count). The Bertz CT molecular complexity index is 612. The monoisotopic (exact) mass is 337 g/mol. The van der Waals surface area contributed by atoms with Crippen LogP contribution >= 0.6 is 11.3 Å². The van der Waals surface area contributed by atoms with Crippen molar-refractivity contribution in [1.82, 2.24) is 15.8 Å². The van der Waals surface area contributed by atoms with E-state index in [0.717, 1.165) is 24.8 Å². The van der Waals surface area contributed by atoms with Crippen LogP contribution in [0.15, 0.2) is 6.07 Å². The van der Waals surface area contributed by atoms with Crippen molar-refractivity contribution < 1.29 is 14.4 Å². The van der Waals surface area contributed by atoms with Gasteiger partial charge in [0.1, 0.15) is 0 Å². The van der Waals surface area contributed by atoms with E-state index in [-0.39, 0.29) is 23.6 Å². The van der Waals surface area contributed by atoms with Gasteiger partial charge in [0, 0.05) is 24.9 Å². The molecule has 1 aliphatic rings. The molecule has 1 atom stereocenters. The SMILES string of the molecule is CCc1sc(C(=O)NNC(=O)[C@H]2CCCN(C(C)=O)C2)cc1C. The fraction of sp³-hybridized carbons (Fsp3) is 0.562. The van der Waals surface area contributed by atoms with Crippen LogP contribution in [0.25, 0.3) is 0 Å². The van der Waals surface area contributed by atoms with Crippen molar-refractivity contribution in [3.63, 3.8) is 0 Å². The largest absolute Gasteiger partial charge is 0.342 e. The number of aryl methyl sites for hydroxylation is 2. The van der Waals surface area contributed by atoms with Crippen molar-refractivity contribution in [2.24, 2.45) is 5.92 Å². The standard InChI is InChI=1S/C16H23N3O3S/c1-4-13-10(2)8-14(23-13)16(22)18-17-15(21)12-6-5-7-19(9-12)11(3)20/h8,12H,4-7,9H2,1-3H3,(H,17,21)(H,18,22)/t12-/m0/s1. The van der Waals surface area contributed by atoms with Gasteiger partial charge in [0.25, 0.3) is 5.91 Å². The van der Waals surface area contributed by atoms with Crippen molar-refractivity contribution in [2.75, 3.05) is 13.1 Å². The van der Waals surface area contributed by atoms with Crippen LogP contribution in [0.1, 0.15) is 46.8 Å². The fourth-order valence-electron chi connectivity index (χ4n) is 2.74. The number of amides is 3. The quantitative estimate of drug-likeness (QED) is 0.823. The average Bonchev–Trinajstić information content (AvgIpc) is 2.93. The molecule has 1 saturated heterocycles. The topological polar surface area (TPSA) is 78.5 Å². The summed E-state index contributed by atoms with van der Waals surface area (Å²) in [6, 6.07) is 1.84. The Morgan fingerprint density at radius 1 is 1.35 bits per heavy atom. The fourth-order valence-corrected chi connectivity index (χ4v) is 3.75. The Kier molecular flexibility index (Phi) is 5.76. The Morgan fingerprint density at radius 3 is 2.70 bits per heavy atom. The summed E-state index contributed by atoms with van der Waals surface area (Å²) in [4.78, 5) is 39.1. The van der Waals surface area contributed by atoms with Gasteiger partial charge in [0.2, 0.25) is 11.8 Å². The highest BCUT2D eigenvalue weighted by Gasteiger charge is 2.27. The molecule has 1 fully saturated rings. The number of hydrazine groups is 1. The lowest BCUT2D eigenvalue weighted by Crippen LogP contribution is -2.49. The van der Waals surface area contributed by atoms with E-state index < -0.39 is 0 Å². The lowest BCUT2D eigenvalue weighted by Gasteiger charge is -2.31. The van der Waals surface area contributed by atoms with Crippen molar-refractivity contribution >= 4 is 29.1 Å². The Hall–Kier alpha value is -1.89. The van der Waals surface area contributed by atoms with Gasteiger partial charge in [-0.05, 0) is 37.8 Å². The second kappa shape index (κ2) is 7.59. The molecule has 3 amide bonds. The van der Waals surface area contributed by atoms with Gasteiger partial charge in [-0.1, -0.05) is 6.92 Å². The number of carbonyl (C=O) groups is 3. The van der Waals surface area contributed by atoms with Crippen LogP contribution in [0, 0.1) is 12.8 Å². The van der Waals surface area contributed by atoms with Crippen LogP contribution in [0.5, 0.6) is 0 Å². The molecule has 2 heterocycles. The van der Waals surface area contributed by atoms with Crippen molar-refractivity contribution in [3.8, 4) is 0 Å². The molecule has 0 spiro atoms. The molecule has 6 nitrogen and oxygen atoms in total. The molecular weight excluding hydrogens is 314 g/mol. The van der Waals surface area contributed by atoms with Crippen LogP contribution in [-0.4, -0.2) is 35.7 Å². The minimum atomic E-state index is -0.301. The summed E-state index contributed by atoms with van der Waals surface area (Å²) >= 11 is 1.44. The van der Waals surface area contributed by atoms with E-state index in [1.54, 1.807) is 4.90 Å². The molecule has 0 saturated carbocycles. The maximum Gasteiger partial charge on any atom is 0.279 e. The molecule has 23 heavy (non-hydrogen) atoms. The molecule has 1 aromatic rings. The zero-order chi connectivity index (χ0) is 17.0. The first kappa shape index (κ1) is 17.5. The molecule has 126 valence electrons. The number of hydrogen-bond donors (Lipinski definition) is 2. The summed E-state index contributed by atoms with van der Waals surface area (Å²) in [6.07, 6.45) is 2.41. The zero-order valence-electron chi connectivity index (χ0n) is 13.8. The summed E-state index contributed by atoms with van der Waals surface area (Å²) in [5.41, 5.74) is 6.06. The first-order valence-corrected chi connectivity index (χ1v) is 8.69. The third-order valence-electron chi connectivity index (χ3n) is 4.10. The number of nitrogens with zero attached hydrogens (tertiary/aromatic N) is 1. The molecule has 7 heteroatoms. The highest BCUT2D eigenvalue weighted by Crippen LogP contribution is 2.22. The third kappa shape index (κ3) is 4.31. The van der Waals surface area contributed by atoms with E-state index in [0.29, 0.717) is 18.0 Å². The van der Waals surface area contributed by atoms with Crippen molar-refractivity contribution in [2.45, 2.75) is 40.0 Å². The average molecular weight is 337 g/mol. The number of nitrogens with one attached hydrogen (secondary N) is 2. The van der Waals surface area contributed by atoms with Gasteiger partial charge in [-0.25, -0.2) is 0 Å². The van der Waals surface area contributed by atoms with E-state index in [1.807, 2.05) is 19.9 Å². The molecule has 1 aromatic heterocycles. The van der Waals surface area contributed by atoms with Crippen LogP contribution in [0.2, 0.25) is 0 Å². The summed E-state index contributed by atoms with van der Waals surface area (Å²) in [7, 11) is 0. The van der Waals surface area contributed by atoms with Crippen LogP contribution < -0.4 is 10.9 Å². The minimum absolute atomic E-state index is 0.0207. The van der Waals surface area contributed by atoms with Crippen LogP contribution in [0.4, 0.5) is 0 Å². The number of hydrogen-bond acceptors (Lipinski definition) is 4. The number of carbonyl (C=O) groups excluding carboxylic acids is 3. The summed E-state index contributed by atoms with van der Waals surface area (Å²) < 4.78 is 0. The lowest BCUT2D eigenvalue weighted by atomic mass is 9.97. The van der Waals surface area contributed by atoms with Crippen molar-refractivity contribution in [3.05, 3.63) is 21.4 Å². The van der Waals surface area contributed by atoms with Gasteiger partial charge in [-0.2, -0.15) is 0 Å². The van der Waals surface area contributed by atoms with Gasteiger partial charge in [-0.15, -0.1) is 11.3 Å². The van der Waals surface area contributed by atoms with E-state index in [4.69, 9.17) is 0 Å². The highest BCUT2D eigenvalue weighted by atomic mass is 32.1. The van der Waals surface area contributed by atoms with E-state index in [1.165, 1.54) is 23.1 Å². The summed E-state index contributed by atoms with van der Waals surface area (Å²) in [5, 5.41) is 0. The molecule has 0 radical (unpaired) electrons. The lowest BCUT2D eigenvalue weighted by molar-refractivity contribution is -0.134. The number of likely N-dealkylation sites (tertiary alicyclic amines) is 1. The van der Waals surface area contributed by atoms with E-state index in [9.17, 15) is 14.4 Å². The van der Waals surface area contributed by atoms with Crippen LogP contribution in [0.3, 0.4) is 0 Å². The number of thiophene rings is 1. The maximum atomic E-state index is 12.2. The maximum absolute atomic E-state index is 12.2. The predicted molar refractivity (Wildman–Crippen MR) is 89.0 cm³/mol. The van der Waals surface area contributed by atoms with Crippen molar-refractivity contribution in [1.29, 1.82) is 0 Å². The third-order valence-corrected chi connectivity index (χ3v) is 5.48. The second-order valence-electron chi connectivity index (χ2n) is 5.82. The molecule has 0 bridgehead atoms. The summed E-state index contributed by atoms with van der Waals surface area (Å²) in [5.74, 6) is -0.837. The van der Waals surface area contributed by atoms with Gasteiger partial charge >= 0.3 is 0 Å². The van der Waals surface area contributed by atoms with Gasteiger partial charge in [-0.3, -0.25) is 25.2 Å². The minimum Gasteiger partial charge on any atom is -0.342 e. The predicted octanol–water partition coefficient (Wildman–Crippen LogP) is 1.64. The summed E-state index contributed by atoms with van der Waals surface area (Å²) in [6.45, 7) is 6.64. The first-order valence-electron chi connectivity index (χ1n) is 7.87. The Balaban J connectivity index is 1.88. The zero-order valence-corrected chi connectivity index (χ0v) is 14.6. The van der Waals surface area contributed by atoms with E-state index >= 15 is 0 Å². The normalized spacial score (nSPS) is 17.7. The number of piperidine rings is 1. The first-order chi connectivity index (χ1) is 10.9. The Morgan fingerprint density at radius 2 is 2.09 bits per heavy atom. The molecular formula is C16H23N3O3S. The van der Waals surface area contributed by atoms with Gasteiger partial charge < -0.3 is 4.90 Å². The van der Waals surface area contributed by atoms with Crippen LogP contribution in [-0.2, 0) is 16.0 Å².